The predicted octanol–water partition coefficient (Wildman–Crippen LogP) is 0.524. The second kappa shape index (κ2) is 4.90. The van der Waals surface area contributed by atoms with Crippen LogP contribution in [0.3, 0.4) is 0 Å². The summed E-state index contributed by atoms with van der Waals surface area (Å²) in [5.74, 6) is -1.07. The van der Waals surface area contributed by atoms with Crippen molar-refractivity contribution in [1.82, 2.24) is 5.32 Å². The molecule has 0 saturated heterocycles. The number of aliphatic hydroxyl groups excluding tert-OH is 1. The van der Waals surface area contributed by atoms with Crippen molar-refractivity contribution < 1.29 is 19.8 Å². The molecule has 2 aliphatic carbocycles. The number of carboxylic acid groups (broad SMARTS) is 1. The Bertz CT molecular complexity index is 557. The maximum atomic E-state index is 12.2. The van der Waals surface area contributed by atoms with E-state index in [1.165, 1.54) is 11.1 Å². The van der Waals surface area contributed by atoms with Crippen molar-refractivity contribution in [1.29, 1.82) is 0 Å². The molecule has 3 rings (SSSR count). The topological polar surface area (TPSA) is 86.6 Å². The van der Waals surface area contributed by atoms with Crippen molar-refractivity contribution in [3.63, 3.8) is 0 Å². The van der Waals surface area contributed by atoms with Gasteiger partial charge in [0.25, 0.3) is 0 Å². The van der Waals surface area contributed by atoms with E-state index < -0.39 is 18.6 Å². The standard InChI is InChI=1S/C15H17NO4/c17-7-11(15(19)20)16-14(18)13-10-6-5-8-3-1-2-4-9(8)12(10)13/h1-4,10-13,17H,5-7H2,(H,16,18)(H,19,20). The molecule has 4 atom stereocenters. The number of hydrogen-bond acceptors (Lipinski definition) is 3. The van der Waals surface area contributed by atoms with Crippen LogP contribution in [0.5, 0.6) is 0 Å². The monoisotopic (exact) mass is 275 g/mol. The van der Waals surface area contributed by atoms with Gasteiger partial charge in [-0.2, -0.15) is 0 Å². The Hall–Kier alpha value is -1.88. The third-order valence-electron chi connectivity index (χ3n) is 4.43. The fourth-order valence-corrected chi connectivity index (χ4v) is 3.38. The first kappa shape index (κ1) is 13.1. The highest BCUT2D eigenvalue weighted by atomic mass is 16.4. The fraction of sp³-hybridized carbons (Fsp3) is 0.467. The number of fused-ring (bicyclic) bond motifs is 3. The number of aliphatic carboxylic acids is 1. The van der Waals surface area contributed by atoms with Crippen molar-refractivity contribution in [2.75, 3.05) is 6.61 Å². The van der Waals surface area contributed by atoms with Gasteiger partial charge in [-0.15, -0.1) is 0 Å². The van der Waals surface area contributed by atoms with Gasteiger partial charge in [0.15, 0.2) is 0 Å². The molecule has 0 bridgehead atoms. The summed E-state index contributed by atoms with van der Waals surface area (Å²) in [4.78, 5) is 23.0. The Labute approximate surface area is 116 Å². The van der Waals surface area contributed by atoms with E-state index in [9.17, 15) is 9.59 Å². The number of aryl methyl sites for hydroxylation is 1. The van der Waals surface area contributed by atoms with Crippen LogP contribution in [-0.4, -0.2) is 34.7 Å². The van der Waals surface area contributed by atoms with Crippen molar-refractivity contribution in [3.8, 4) is 0 Å². The minimum atomic E-state index is -1.21. The van der Waals surface area contributed by atoms with Gasteiger partial charge in [0.1, 0.15) is 6.04 Å². The summed E-state index contributed by atoms with van der Waals surface area (Å²) in [6, 6.07) is 6.91. The van der Waals surface area contributed by atoms with Crippen molar-refractivity contribution in [2.45, 2.75) is 24.8 Å². The van der Waals surface area contributed by atoms with Crippen molar-refractivity contribution >= 4 is 11.9 Å². The fourth-order valence-electron chi connectivity index (χ4n) is 3.38. The van der Waals surface area contributed by atoms with E-state index >= 15 is 0 Å². The first-order valence-corrected chi connectivity index (χ1v) is 6.85. The Balaban J connectivity index is 1.72. The van der Waals surface area contributed by atoms with E-state index in [4.69, 9.17) is 10.2 Å². The first-order valence-electron chi connectivity index (χ1n) is 6.85. The number of carbonyl (C=O) groups excluding carboxylic acids is 1. The van der Waals surface area contributed by atoms with Crippen molar-refractivity contribution in [3.05, 3.63) is 35.4 Å². The van der Waals surface area contributed by atoms with Crippen LogP contribution in [0.15, 0.2) is 24.3 Å². The summed E-state index contributed by atoms with van der Waals surface area (Å²) in [6.07, 6.45) is 1.94. The van der Waals surface area contributed by atoms with Crippen LogP contribution in [0.1, 0.15) is 23.5 Å². The second-order valence-electron chi connectivity index (χ2n) is 5.53. The maximum absolute atomic E-state index is 12.2. The van der Waals surface area contributed by atoms with E-state index in [1.54, 1.807) is 0 Å². The molecule has 0 heterocycles. The number of aliphatic hydroxyl groups is 1. The summed E-state index contributed by atoms with van der Waals surface area (Å²) in [6.45, 7) is -0.584. The molecule has 1 saturated carbocycles. The SMILES string of the molecule is O=C(O)C(CO)NC(=O)C1C2CCc3ccccc3C21. The smallest absolute Gasteiger partial charge is 0.328 e. The number of hydrogen-bond donors (Lipinski definition) is 3. The zero-order valence-electron chi connectivity index (χ0n) is 11.0. The van der Waals surface area contributed by atoms with Gasteiger partial charge in [-0.3, -0.25) is 4.79 Å². The summed E-state index contributed by atoms with van der Waals surface area (Å²) in [5.41, 5.74) is 2.51. The predicted molar refractivity (Wildman–Crippen MR) is 71.1 cm³/mol. The third-order valence-corrected chi connectivity index (χ3v) is 4.43. The molecule has 20 heavy (non-hydrogen) atoms. The number of benzene rings is 1. The average Bonchev–Trinajstić information content (AvgIpc) is 3.19. The van der Waals surface area contributed by atoms with E-state index in [0.29, 0.717) is 5.92 Å². The lowest BCUT2D eigenvalue weighted by Crippen LogP contribution is -2.44. The Morgan fingerprint density at radius 3 is 2.80 bits per heavy atom. The number of carbonyl (C=O) groups is 2. The van der Waals surface area contributed by atoms with Gasteiger partial charge in [0.2, 0.25) is 5.91 Å². The quantitative estimate of drug-likeness (QED) is 0.748. The van der Waals surface area contributed by atoms with E-state index in [2.05, 4.69) is 17.4 Å². The van der Waals surface area contributed by atoms with Crippen LogP contribution in [0.4, 0.5) is 0 Å². The van der Waals surface area contributed by atoms with Gasteiger partial charge in [-0.05, 0) is 35.8 Å². The molecule has 1 aromatic carbocycles. The zero-order chi connectivity index (χ0) is 14.3. The van der Waals surface area contributed by atoms with Crippen LogP contribution in [0.2, 0.25) is 0 Å². The van der Waals surface area contributed by atoms with Crippen LogP contribution in [-0.2, 0) is 16.0 Å². The molecular weight excluding hydrogens is 258 g/mol. The van der Waals surface area contributed by atoms with E-state index in [-0.39, 0.29) is 17.7 Å². The molecule has 0 aromatic heterocycles. The van der Waals surface area contributed by atoms with Crippen LogP contribution in [0, 0.1) is 11.8 Å². The van der Waals surface area contributed by atoms with Gasteiger partial charge in [0, 0.05) is 5.92 Å². The molecule has 0 radical (unpaired) electrons. The van der Waals surface area contributed by atoms with Gasteiger partial charge < -0.3 is 15.5 Å². The second-order valence-corrected chi connectivity index (χ2v) is 5.53. The largest absolute Gasteiger partial charge is 0.480 e. The summed E-state index contributed by atoms with van der Waals surface area (Å²) in [5, 5.41) is 20.3. The normalized spacial score (nSPS) is 27.9. The minimum absolute atomic E-state index is 0.146. The number of carboxylic acids is 1. The molecule has 1 amide bonds. The molecule has 5 nitrogen and oxygen atoms in total. The van der Waals surface area contributed by atoms with Crippen LogP contribution < -0.4 is 5.32 Å². The molecular formula is C15H17NO4. The summed E-state index contributed by atoms with van der Waals surface area (Å²) < 4.78 is 0. The molecule has 0 spiro atoms. The van der Waals surface area contributed by atoms with Crippen molar-refractivity contribution in [2.24, 2.45) is 11.8 Å². The maximum Gasteiger partial charge on any atom is 0.328 e. The lowest BCUT2D eigenvalue weighted by atomic mass is 9.92. The van der Waals surface area contributed by atoms with Crippen LogP contribution in [0.25, 0.3) is 0 Å². The number of rotatable bonds is 4. The average molecular weight is 275 g/mol. The van der Waals surface area contributed by atoms with Gasteiger partial charge in [0.05, 0.1) is 6.61 Å². The molecule has 4 unspecified atom stereocenters. The third kappa shape index (κ3) is 2.08. The lowest BCUT2D eigenvalue weighted by molar-refractivity contribution is -0.143. The summed E-state index contributed by atoms with van der Waals surface area (Å²) in [7, 11) is 0. The molecule has 106 valence electrons. The lowest BCUT2D eigenvalue weighted by Gasteiger charge is -2.13. The molecule has 2 aliphatic rings. The first-order chi connectivity index (χ1) is 9.63. The highest BCUT2D eigenvalue weighted by Crippen LogP contribution is 2.59. The number of nitrogens with one attached hydrogen (secondary N) is 1. The minimum Gasteiger partial charge on any atom is -0.480 e. The Morgan fingerprint density at radius 2 is 2.10 bits per heavy atom. The molecule has 0 aliphatic heterocycles. The van der Waals surface area contributed by atoms with Crippen LogP contribution >= 0.6 is 0 Å². The number of amides is 1. The van der Waals surface area contributed by atoms with Gasteiger partial charge >= 0.3 is 5.97 Å². The van der Waals surface area contributed by atoms with E-state index in [1.807, 2.05) is 12.1 Å². The Morgan fingerprint density at radius 1 is 1.35 bits per heavy atom. The summed E-state index contributed by atoms with van der Waals surface area (Å²) >= 11 is 0. The van der Waals surface area contributed by atoms with Gasteiger partial charge in [-0.1, -0.05) is 24.3 Å². The zero-order valence-corrected chi connectivity index (χ0v) is 11.0. The molecule has 1 aromatic rings. The van der Waals surface area contributed by atoms with Gasteiger partial charge in [-0.25, -0.2) is 4.79 Å². The highest BCUT2D eigenvalue weighted by Gasteiger charge is 2.57. The molecule has 3 N–H and O–H groups in total. The van der Waals surface area contributed by atoms with E-state index in [0.717, 1.165) is 12.8 Å². The molecule has 1 fully saturated rings. The molecule has 5 heteroatoms. The highest BCUT2D eigenvalue weighted by molar-refractivity contribution is 5.88. The Kier molecular flexibility index (Phi) is 3.22.